The Bertz CT molecular complexity index is 1380. The van der Waals surface area contributed by atoms with Crippen LogP contribution >= 0.6 is 0 Å². The number of para-hydroxylation sites is 1. The summed E-state index contributed by atoms with van der Waals surface area (Å²) in [4.78, 5) is 22.8. The highest BCUT2D eigenvalue weighted by Gasteiger charge is 2.17. The molecule has 8 nitrogen and oxygen atoms in total. The molecule has 0 saturated carbocycles. The zero-order valence-electron chi connectivity index (χ0n) is 19.9. The van der Waals surface area contributed by atoms with Gasteiger partial charge in [-0.15, -0.1) is 0 Å². The van der Waals surface area contributed by atoms with E-state index < -0.39 is 0 Å². The molecule has 1 atom stereocenters. The van der Waals surface area contributed by atoms with Gasteiger partial charge in [0.15, 0.2) is 5.69 Å². The summed E-state index contributed by atoms with van der Waals surface area (Å²) < 4.78 is 6.13. The summed E-state index contributed by atoms with van der Waals surface area (Å²) in [5.74, 6) is 1.68. The Morgan fingerprint density at radius 1 is 0.944 bits per heavy atom. The van der Waals surface area contributed by atoms with Gasteiger partial charge in [0.2, 0.25) is 11.8 Å². The molecule has 2 aliphatic rings. The molecule has 0 radical (unpaired) electrons. The van der Waals surface area contributed by atoms with Crippen LogP contribution in [0.2, 0.25) is 0 Å². The average Bonchev–Trinajstić information content (AvgIpc) is 3.33. The largest absolute Gasteiger partial charge is 0.437 e. The number of aromatic nitrogens is 4. The van der Waals surface area contributed by atoms with Crippen LogP contribution < -0.4 is 15.4 Å². The maximum Gasteiger partial charge on any atom is 0.247 e. The molecule has 4 aromatic rings. The molecule has 2 N–H and O–H groups in total. The van der Waals surface area contributed by atoms with Crippen molar-refractivity contribution in [2.24, 2.45) is 4.99 Å². The first-order chi connectivity index (χ1) is 17.8. The van der Waals surface area contributed by atoms with Crippen LogP contribution in [-0.2, 0) is 12.8 Å². The van der Waals surface area contributed by atoms with E-state index in [2.05, 4.69) is 60.9 Å². The number of ether oxygens (including phenoxy) is 1. The van der Waals surface area contributed by atoms with E-state index in [0.29, 0.717) is 35.0 Å². The fourth-order valence-corrected chi connectivity index (χ4v) is 4.62. The maximum atomic E-state index is 6.13. The van der Waals surface area contributed by atoms with E-state index in [4.69, 9.17) is 9.73 Å². The van der Waals surface area contributed by atoms with Gasteiger partial charge in [0.1, 0.15) is 5.75 Å². The molecule has 180 valence electrons. The van der Waals surface area contributed by atoms with Gasteiger partial charge >= 0.3 is 0 Å². The van der Waals surface area contributed by atoms with Gasteiger partial charge in [0.05, 0.1) is 11.4 Å². The second-order valence-electron chi connectivity index (χ2n) is 9.07. The van der Waals surface area contributed by atoms with Crippen molar-refractivity contribution in [3.05, 3.63) is 84.3 Å². The molecule has 0 spiro atoms. The molecule has 4 heterocycles. The third kappa shape index (κ3) is 5.08. The lowest BCUT2D eigenvalue weighted by atomic mass is 10.0. The second-order valence-corrected chi connectivity index (χ2v) is 9.07. The van der Waals surface area contributed by atoms with Crippen molar-refractivity contribution >= 4 is 17.3 Å². The highest BCUT2D eigenvalue weighted by Crippen LogP contribution is 2.30. The Kier molecular flexibility index (Phi) is 6.33. The highest BCUT2D eigenvalue weighted by atomic mass is 16.5. The van der Waals surface area contributed by atoms with Gasteiger partial charge in [-0.1, -0.05) is 30.3 Å². The number of hydrogen-bond acceptors (Lipinski definition) is 8. The van der Waals surface area contributed by atoms with Crippen LogP contribution in [0.3, 0.4) is 0 Å². The minimum atomic E-state index is 0.314. The van der Waals surface area contributed by atoms with Crippen LogP contribution in [0.25, 0.3) is 11.4 Å². The van der Waals surface area contributed by atoms with Gasteiger partial charge in [-0.3, -0.25) is 4.99 Å². The lowest BCUT2D eigenvalue weighted by Gasteiger charge is -2.23. The lowest BCUT2D eigenvalue weighted by molar-refractivity contribution is 0.462. The van der Waals surface area contributed by atoms with E-state index in [9.17, 15) is 0 Å². The zero-order valence-corrected chi connectivity index (χ0v) is 19.9. The molecular weight excluding hydrogens is 450 g/mol. The van der Waals surface area contributed by atoms with E-state index in [1.54, 1.807) is 18.6 Å². The van der Waals surface area contributed by atoms with Crippen LogP contribution in [-0.4, -0.2) is 44.8 Å². The fourth-order valence-electron chi connectivity index (χ4n) is 4.62. The van der Waals surface area contributed by atoms with Crippen molar-refractivity contribution in [2.75, 3.05) is 18.4 Å². The number of piperidine rings is 1. The summed E-state index contributed by atoms with van der Waals surface area (Å²) in [5.41, 5.74) is 5.99. The molecule has 0 amide bonds. The Morgan fingerprint density at radius 3 is 2.69 bits per heavy atom. The summed E-state index contributed by atoms with van der Waals surface area (Å²) in [5, 5.41) is 6.82. The Morgan fingerprint density at radius 2 is 1.83 bits per heavy atom. The fraction of sp³-hybridized carbons (Fsp3) is 0.250. The minimum absolute atomic E-state index is 0.314. The molecule has 0 unspecified atom stereocenters. The maximum absolute atomic E-state index is 6.13. The number of rotatable bonds is 7. The number of nitrogens with one attached hydrogen (secondary N) is 2. The van der Waals surface area contributed by atoms with Gasteiger partial charge in [-0.2, -0.15) is 0 Å². The molecule has 2 aromatic carbocycles. The molecule has 2 aromatic heterocycles. The predicted octanol–water partition coefficient (Wildman–Crippen LogP) is 4.76. The minimum Gasteiger partial charge on any atom is -0.437 e. The molecule has 0 bridgehead atoms. The molecule has 1 saturated heterocycles. The quantitative estimate of drug-likeness (QED) is 0.396. The standard InChI is InChI=1S/C28H27N7O/c1-2-6-24-20(4-1)17-22(33-24)16-19-7-9-23(10-8-19)36-27-26(30-14-15-31-27)25-11-13-32-28(35-25)34-21-5-3-12-29-18-21/h1-2,4,6-11,13-15,21,29H,3,5,12,16-18H2,(H,32,34,35)/t21-/m0/s1. The molecule has 8 heteroatoms. The predicted molar refractivity (Wildman–Crippen MR) is 140 cm³/mol. The number of nitrogens with zero attached hydrogens (tertiary/aromatic N) is 5. The first-order valence-electron chi connectivity index (χ1n) is 12.3. The SMILES string of the molecule is c1ccc2c(c1)CC(Cc1ccc(Oc3nccnc3-c3ccnc(N[C@H]4CCCNC4)n3)cc1)=N2. The normalized spacial score (nSPS) is 16.8. The summed E-state index contributed by atoms with van der Waals surface area (Å²) in [7, 11) is 0. The van der Waals surface area contributed by atoms with Gasteiger partial charge in [0.25, 0.3) is 0 Å². The molecule has 2 aliphatic heterocycles. The van der Waals surface area contributed by atoms with Gasteiger partial charge in [0, 0.05) is 49.7 Å². The van der Waals surface area contributed by atoms with Crippen molar-refractivity contribution in [1.29, 1.82) is 0 Å². The van der Waals surface area contributed by atoms with Crippen LogP contribution in [0, 0.1) is 0 Å². The average molecular weight is 478 g/mol. The molecule has 36 heavy (non-hydrogen) atoms. The summed E-state index contributed by atoms with van der Waals surface area (Å²) >= 11 is 0. The van der Waals surface area contributed by atoms with E-state index in [0.717, 1.165) is 44.5 Å². The first-order valence-corrected chi connectivity index (χ1v) is 12.3. The molecule has 1 fully saturated rings. The van der Waals surface area contributed by atoms with Crippen LogP contribution in [0.15, 0.2) is 78.2 Å². The van der Waals surface area contributed by atoms with Crippen LogP contribution in [0.5, 0.6) is 11.6 Å². The smallest absolute Gasteiger partial charge is 0.247 e. The zero-order chi connectivity index (χ0) is 24.2. The van der Waals surface area contributed by atoms with E-state index in [-0.39, 0.29) is 0 Å². The summed E-state index contributed by atoms with van der Waals surface area (Å²) in [6, 6.07) is 18.5. The number of aliphatic imine (C=N–C) groups is 1. The second kappa shape index (κ2) is 10.2. The molecule has 6 rings (SSSR count). The number of benzene rings is 2. The van der Waals surface area contributed by atoms with Crippen LogP contribution in [0.4, 0.5) is 11.6 Å². The Labute approximate surface area is 209 Å². The first kappa shape index (κ1) is 22.3. The molecular formula is C28H27N7O. The van der Waals surface area contributed by atoms with E-state index in [1.165, 1.54) is 16.8 Å². The Hall–Kier alpha value is -4.17. The van der Waals surface area contributed by atoms with Gasteiger partial charge in [-0.25, -0.2) is 19.9 Å². The Balaban J connectivity index is 1.15. The van der Waals surface area contributed by atoms with Crippen molar-refractivity contribution in [3.8, 4) is 23.0 Å². The van der Waals surface area contributed by atoms with Crippen molar-refractivity contribution in [2.45, 2.75) is 31.7 Å². The van der Waals surface area contributed by atoms with E-state index in [1.807, 2.05) is 24.3 Å². The summed E-state index contributed by atoms with van der Waals surface area (Å²) in [6.07, 6.45) is 8.96. The summed E-state index contributed by atoms with van der Waals surface area (Å²) in [6.45, 7) is 1.97. The van der Waals surface area contributed by atoms with E-state index >= 15 is 0 Å². The number of anilines is 1. The van der Waals surface area contributed by atoms with Crippen LogP contribution in [0.1, 0.15) is 24.0 Å². The van der Waals surface area contributed by atoms with Crippen molar-refractivity contribution in [3.63, 3.8) is 0 Å². The van der Waals surface area contributed by atoms with Gasteiger partial charge in [-0.05, 0) is 54.8 Å². The number of hydrogen-bond donors (Lipinski definition) is 2. The van der Waals surface area contributed by atoms with Gasteiger partial charge < -0.3 is 15.4 Å². The highest BCUT2D eigenvalue weighted by molar-refractivity contribution is 5.95. The third-order valence-electron chi connectivity index (χ3n) is 6.40. The van der Waals surface area contributed by atoms with Crippen molar-refractivity contribution in [1.82, 2.24) is 25.3 Å². The third-order valence-corrected chi connectivity index (χ3v) is 6.40. The molecule has 0 aliphatic carbocycles. The topological polar surface area (TPSA) is 97.2 Å². The monoisotopic (exact) mass is 477 g/mol. The lowest BCUT2D eigenvalue weighted by Crippen LogP contribution is -2.38. The van der Waals surface area contributed by atoms with Crippen molar-refractivity contribution < 1.29 is 4.74 Å². The number of fused-ring (bicyclic) bond motifs is 1.